The van der Waals surface area contributed by atoms with Gasteiger partial charge in [0, 0.05) is 13.1 Å². The van der Waals surface area contributed by atoms with Gasteiger partial charge in [-0.15, -0.1) is 0 Å². The summed E-state index contributed by atoms with van der Waals surface area (Å²) in [5.74, 6) is 1.85. The van der Waals surface area contributed by atoms with Crippen LogP contribution in [0.15, 0.2) is 51.9 Å². The normalized spacial score (nSPS) is 17.2. The number of likely N-dealkylation sites (tertiary alicyclic amines) is 1. The largest absolute Gasteiger partial charge is 0.507 e. The van der Waals surface area contributed by atoms with E-state index in [4.69, 9.17) is 13.9 Å². The van der Waals surface area contributed by atoms with E-state index in [1.807, 2.05) is 19.1 Å². The Morgan fingerprint density at radius 2 is 1.97 bits per heavy atom. The van der Waals surface area contributed by atoms with E-state index < -0.39 is 0 Å². The van der Waals surface area contributed by atoms with Gasteiger partial charge < -0.3 is 19.0 Å². The number of phenols is 1. The number of para-hydroxylation sites is 2. The van der Waals surface area contributed by atoms with Crippen molar-refractivity contribution in [3.8, 4) is 23.0 Å². The number of hydrogen-bond donors (Lipinski definition) is 1. The van der Waals surface area contributed by atoms with E-state index in [2.05, 4.69) is 11.8 Å². The van der Waals surface area contributed by atoms with Crippen LogP contribution >= 0.6 is 0 Å². The Morgan fingerprint density at radius 3 is 2.73 bits per heavy atom. The maximum atomic E-state index is 13.1. The highest BCUT2D eigenvalue weighted by atomic mass is 16.5. The SMILES string of the molecule is CCOc1ccccc1Oc1coc2c(CN3CCC[C@@H](C)C3)c(O)ccc2c1=O. The van der Waals surface area contributed by atoms with E-state index in [9.17, 15) is 9.90 Å². The van der Waals surface area contributed by atoms with Gasteiger partial charge in [-0.1, -0.05) is 19.1 Å². The molecule has 1 N–H and O–H groups in total. The van der Waals surface area contributed by atoms with Gasteiger partial charge in [-0.2, -0.15) is 0 Å². The third-order valence-electron chi connectivity index (χ3n) is 5.48. The van der Waals surface area contributed by atoms with Gasteiger partial charge in [0.2, 0.25) is 11.2 Å². The number of rotatable bonds is 6. The second-order valence-corrected chi connectivity index (χ2v) is 7.83. The molecule has 0 saturated carbocycles. The van der Waals surface area contributed by atoms with Gasteiger partial charge in [0.05, 0.1) is 17.6 Å². The first-order valence-electron chi connectivity index (χ1n) is 10.4. The maximum absolute atomic E-state index is 13.1. The van der Waals surface area contributed by atoms with Crippen LogP contribution in [0.1, 0.15) is 32.3 Å². The van der Waals surface area contributed by atoms with E-state index in [1.165, 1.54) is 12.7 Å². The molecule has 1 aliphatic heterocycles. The predicted octanol–water partition coefficient (Wildman–Crippen LogP) is 4.92. The van der Waals surface area contributed by atoms with E-state index >= 15 is 0 Å². The van der Waals surface area contributed by atoms with Gasteiger partial charge >= 0.3 is 0 Å². The molecule has 30 heavy (non-hydrogen) atoms. The molecule has 0 aliphatic carbocycles. The van der Waals surface area contributed by atoms with Crippen molar-refractivity contribution in [2.45, 2.75) is 33.2 Å². The van der Waals surface area contributed by atoms with Crippen molar-refractivity contribution in [1.29, 1.82) is 0 Å². The number of piperidine rings is 1. The first-order valence-corrected chi connectivity index (χ1v) is 10.4. The fraction of sp³-hybridized carbons (Fsp3) is 0.375. The Bertz CT molecular complexity index is 1090. The molecule has 4 rings (SSSR count). The summed E-state index contributed by atoms with van der Waals surface area (Å²) >= 11 is 0. The molecule has 3 aromatic rings. The summed E-state index contributed by atoms with van der Waals surface area (Å²) in [5, 5.41) is 10.8. The standard InChI is InChI=1S/C24H27NO5/c1-3-28-20-8-4-5-9-21(20)30-22-15-29-24-17(23(22)27)10-11-19(26)18(24)14-25-12-6-7-16(2)13-25/h4-5,8-11,15-16,26H,3,6-7,12-14H2,1-2H3/t16-/m1/s1. The van der Waals surface area contributed by atoms with E-state index in [-0.39, 0.29) is 16.9 Å². The highest BCUT2D eigenvalue weighted by Gasteiger charge is 2.21. The van der Waals surface area contributed by atoms with Crippen LogP contribution in [0.5, 0.6) is 23.0 Å². The van der Waals surface area contributed by atoms with Gasteiger partial charge in [0.1, 0.15) is 17.6 Å². The monoisotopic (exact) mass is 409 g/mol. The zero-order valence-corrected chi connectivity index (χ0v) is 17.4. The number of phenolic OH excluding ortho intramolecular Hbond substituents is 1. The predicted molar refractivity (Wildman–Crippen MR) is 116 cm³/mol. The number of benzene rings is 2. The smallest absolute Gasteiger partial charge is 0.235 e. The molecule has 6 heteroatoms. The Labute approximate surface area is 175 Å². The number of ether oxygens (including phenoxy) is 2. The molecule has 2 aromatic carbocycles. The van der Waals surface area contributed by atoms with Gasteiger partial charge in [0.25, 0.3) is 0 Å². The molecule has 1 atom stereocenters. The lowest BCUT2D eigenvalue weighted by atomic mass is 9.99. The molecule has 1 aromatic heterocycles. The van der Waals surface area contributed by atoms with Crippen LogP contribution in [0.2, 0.25) is 0 Å². The van der Waals surface area contributed by atoms with E-state index in [0.717, 1.165) is 19.5 Å². The number of fused-ring (bicyclic) bond motifs is 1. The van der Waals surface area contributed by atoms with Crippen molar-refractivity contribution in [3.63, 3.8) is 0 Å². The molecule has 0 radical (unpaired) electrons. The molecule has 1 aliphatic rings. The molecule has 0 amide bonds. The average molecular weight is 409 g/mol. The molecule has 0 spiro atoms. The van der Waals surface area contributed by atoms with Crippen LogP contribution < -0.4 is 14.9 Å². The minimum absolute atomic E-state index is 0.0814. The summed E-state index contributed by atoms with van der Waals surface area (Å²) in [6, 6.07) is 10.3. The molecular formula is C24H27NO5. The fourth-order valence-corrected chi connectivity index (χ4v) is 4.03. The molecule has 1 saturated heterocycles. The van der Waals surface area contributed by atoms with Crippen LogP contribution in [0.3, 0.4) is 0 Å². The van der Waals surface area contributed by atoms with Gasteiger partial charge in [-0.25, -0.2) is 0 Å². The average Bonchev–Trinajstić information content (AvgIpc) is 2.74. The molecule has 2 heterocycles. The molecule has 6 nitrogen and oxygen atoms in total. The third kappa shape index (κ3) is 4.14. The van der Waals surface area contributed by atoms with Gasteiger partial charge in [-0.3, -0.25) is 9.69 Å². The van der Waals surface area contributed by atoms with Crippen molar-refractivity contribution in [2.24, 2.45) is 5.92 Å². The van der Waals surface area contributed by atoms with E-state index in [0.29, 0.717) is 47.1 Å². The first-order chi connectivity index (χ1) is 14.6. The van der Waals surface area contributed by atoms with Crippen LogP contribution in [0.25, 0.3) is 11.0 Å². The van der Waals surface area contributed by atoms with Crippen LogP contribution in [0.4, 0.5) is 0 Å². The van der Waals surface area contributed by atoms with Crippen molar-refractivity contribution >= 4 is 11.0 Å². The summed E-state index contributed by atoms with van der Waals surface area (Å²) in [7, 11) is 0. The zero-order chi connectivity index (χ0) is 21.1. The molecular weight excluding hydrogens is 382 g/mol. The fourth-order valence-electron chi connectivity index (χ4n) is 4.03. The highest BCUT2D eigenvalue weighted by molar-refractivity contribution is 5.83. The quantitative estimate of drug-likeness (QED) is 0.623. The number of aromatic hydroxyl groups is 1. The van der Waals surface area contributed by atoms with Crippen molar-refractivity contribution in [1.82, 2.24) is 4.90 Å². The van der Waals surface area contributed by atoms with Crippen LogP contribution in [-0.4, -0.2) is 29.7 Å². The lowest BCUT2D eigenvalue weighted by Gasteiger charge is -2.31. The second kappa shape index (κ2) is 8.79. The Morgan fingerprint density at radius 1 is 1.17 bits per heavy atom. The van der Waals surface area contributed by atoms with Crippen molar-refractivity contribution < 1.29 is 19.0 Å². The molecule has 158 valence electrons. The molecule has 1 fully saturated rings. The minimum atomic E-state index is -0.282. The topological polar surface area (TPSA) is 72.1 Å². The Balaban J connectivity index is 1.68. The maximum Gasteiger partial charge on any atom is 0.235 e. The Hall–Kier alpha value is -2.99. The summed E-state index contributed by atoms with van der Waals surface area (Å²) in [4.78, 5) is 15.4. The van der Waals surface area contributed by atoms with Gasteiger partial charge in [0.15, 0.2) is 11.5 Å². The lowest BCUT2D eigenvalue weighted by Crippen LogP contribution is -2.33. The van der Waals surface area contributed by atoms with Crippen molar-refractivity contribution in [2.75, 3.05) is 19.7 Å². The van der Waals surface area contributed by atoms with Crippen LogP contribution in [-0.2, 0) is 6.54 Å². The number of hydrogen-bond acceptors (Lipinski definition) is 6. The van der Waals surface area contributed by atoms with Crippen molar-refractivity contribution in [3.05, 3.63) is 58.4 Å². The Kier molecular flexibility index (Phi) is 5.95. The highest BCUT2D eigenvalue weighted by Crippen LogP contribution is 2.33. The number of nitrogens with zero attached hydrogens (tertiary/aromatic N) is 1. The lowest BCUT2D eigenvalue weighted by molar-refractivity contribution is 0.175. The van der Waals surface area contributed by atoms with E-state index in [1.54, 1.807) is 24.3 Å². The van der Waals surface area contributed by atoms with Gasteiger partial charge in [-0.05, 0) is 56.5 Å². The third-order valence-corrected chi connectivity index (χ3v) is 5.48. The summed E-state index contributed by atoms with van der Waals surface area (Å²) < 4.78 is 17.2. The zero-order valence-electron chi connectivity index (χ0n) is 17.4. The summed E-state index contributed by atoms with van der Waals surface area (Å²) in [6.45, 7) is 7.10. The minimum Gasteiger partial charge on any atom is -0.507 e. The summed E-state index contributed by atoms with van der Waals surface area (Å²) in [6.07, 6.45) is 3.67. The molecule has 0 unspecified atom stereocenters. The van der Waals surface area contributed by atoms with Crippen LogP contribution in [0, 0.1) is 5.92 Å². The second-order valence-electron chi connectivity index (χ2n) is 7.83. The molecule has 0 bridgehead atoms. The first kappa shape index (κ1) is 20.3. The summed E-state index contributed by atoms with van der Waals surface area (Å²) in [5.41, 5.74) is 0.763.